The van der Waals surface area contributed by atoms with E-state index in [4.69, 9.17) is 0 Å². The minimum atomic E-state index is -2.78. The Labute approximate surface area is 183 Å². The quantitative estimate of drug-likeness (QED) is 0.478. The summed E-state index contributed by atoms with van der Waals surface area (Å²) in [4.78, 5) is 30.4. The number of fused-ring (bicyclic) bond motifs is 2. The first-order valence-corrected chi connectivity index (χ1v) is 10.2. The second-order valence-corrected chi connectivity index (χ2v) is 7.51. The van der Waals surface area contributed by atoms with E-state index in [0.717, 1.165) is 20.9 Å². The van der Waals surface area contributed by atoms with Crippen molar-refractivity contribution in [3.8, 4) is 0 Å². The number of likely N-dealkylation sites (N-methyl/N-ethyl adjacent to an activating group) is 1. The third kappa shape index (κ3) is 4.44. The smallest absolute Gasteiger partial charge is 0.320 e. The Morgan fingerprint density at radius 1 is 1.03 bits per heavy atom. The number of benzene rings is 3. The lowest BCUT2D eigenvalue weighted by molar-refractivity contribution is -0.132. The third-order valence-electron chi connectivity index (χ3n) is 5.34. The van der Waals surface area contributed by atoms with Crippen molar-refractivity contribution < 1.29 is 18.4 Å². The lowest BCUT2D eigenvalue weighted by Gasteiger charge is -2.18. The highest BCUT2D eigenvalue weighted by Crippen LogP contribution is 2.23. The summed E-state index contributed by atoms with van der Waals surface area (Å²) in [5.74, 6) is -0.605. The van der Waals surface area contributed by atoms with Crippen LogP contribution in [0.2, 0.25) is 0 Å². The summed E-state index contributed by atoms with van der Waals surface area (Å²) >= 11 is 0. The molecule has 0 saturated heterocycles. The van der Waals surface area contributed by atoms with Crippen molar-refractivity contribution in [1.29, 1.82) is 0 Å². The standard InChI is InChI=1S/C24H22F2N4O2/c1-29(15-21-28-19-11-4-5-12-20(19)30(21)24(25)26)23(32)14-27-22(31)13-17-9-6-8-16-7-2-3-10-18(16)17/h2-12,24H,13-15H2,1H3,(H,27,31). The highest BCUT2D eigenvalue weighted by molar-refractivity contribution is 5.91. The van der Waals surface area contributed by atoms with Gasteiger partial charge in [-0.05, 0) is 28.5 Å². The van der Waals surface area contributed by atoms with Crippen LogP contribution in [-0.2, 0) is 22.6 Å². The molecule has 4 rings (SSSR count). The molecule has 0 unspecified atom stereocenters. The van der Waals surface area contributed by atoms with Gasteiger partial charge in [0, 0.05) is 7.05 Å². The maximum Gasteiger partial charge on any atom is 0.320 e. The second kappa shape index (κ2) is 9.13. The summed E-state index contributed by atoms with van der Waals surface area (Å²) in [6.07, 6.45) is 0.138. The molecule has 1 N–H and O–H groups in total. The predicted molar refractivity (Wildman–Crippen MR) is 118 cm³/mol. The lowest BCUT2D eigenvalue weighted by Crippen LogP contribution is -2.38. The first-order valence-electron chi connectivity index (χ1n) is 10.2. The molecule has 8 heteroatoms. The largest absolute Gasteiger partial charge is 0.347 e. The first kappa shape index (κ1) is 21.4. The van der Waals surface area contributed by atoms with Crippen molar-refractivity contribution in [2.75, 3.05) is 13.6 Å². The number of imidazole rings is 1. The van der Waals surface area contributed by atoms with Gasteiger partial charge >= 0.3 is 6.55 Å². The molecule has 4 aromatic rings. The van der Waals surface area contributed by atoms with E-state index in [1.165, 1.54) is 11.9 Å². The van der Waals surface area contributed by atoms with Crippen LogP contribution in [0.5, 0.6) is 0 Å². The molecule has 0 atom stereocenters. The molecule has 3 aromatic carbocycles. The SMILES string of the molecule is CN(Cc1nc2ccccc2n1C(F)F)C(=O)CNC(=O)Cc1cccc2ccccc12. The van der Waals surface area contributed by atoms with Crippen LogP contribution in [0.4, 0.5) is 8.78 Å². The number of hydrogen-bond acceptors (Lipinski definition) is 3. The van der Waals surface area contributed by atoms with Crippen molar-refractivity contribution in [3.63, 3.8) is 0 Å². The average Bonchev–Trinajstić information content (AvgIpc) is 3.15. The molecule has 2 amide bonds. The van der Waals surface area contributed by atoms with E-state index in [0.29, 0.717) is 11.0 Å². The Kier molecular flexibility index (Phi) is 6.11. The van der Waals surface area contributed by atoms with Gasteiger partial charge in [-0.1, -0.05) is 54.6 Å². The summed E-state index contributed by atoms with van der Waals surface area (Å²) < 4.78 is 28.0. The van der Waals surface area contributed by atoms with Gasteiger partial charge in [-0.25, -0.2) is 4.98 Å². The van der Waals surface area contributed by atoms with Crippen LogP contribution in [0.15, 0.2) is 66.7 Å². The molecule has 0 spiro atoms. The molecule has 164 valence electrons. The van der Waals surface area contributed by atoms with E-state index in [9.17, 15) is 18.4 Å². The molecule has 0 saturated carbocycles. The zero-order valence-corrected chi connectivity index (χ0v) is 17.5. The zero-order chi connectivity index (χ0) is 22.7. The fourth-order valence-corrected chi connectivity index (χ4v) is 3.72. The molecule has 0 fully saturated rings. The van der Waals surface area contributed by atoms with Crippen molar-refractivity contribution in [2.45, 2.75) is 19.5 Å². The predicted octanol–water partition coefficient (Wildman–Crippen LogP) is 3.90. The number of alkyl halides is 2. The summed E-state index contributed by atoms with van der Waals surface area (Å²) in [6.45, 7) is -3.10. The molecule has 0 bridgehead atoms. The van der Waals surface area contributed by atoms with Gasteiger partial charge in [0.2, 0.25) is 11.8 Å². The van der Waals surface area contributed by atoms with E-state index in [2.05, 4.69) is 10.3 Å². The number of carbonyl (C=O) groups is 2. The number of nitrogens with zero attached hydrogens (tertiary/aromatic N) is 3. The van der Waals surface area contributed by atoms with Gasteiger partial charge in [0.1, 0.15) is 5.82 Å². The number of aromatic nitrogens is 2. The van der Waals surface area contributed by atoms with Crippen LogP contribution in [0.25, 0.3) is 21.8 Å². The van der Waals surface area contributed by atoms with Crippen LogP contribution >= 0.6 is 0 Å². The molecule has 0 aliphatic rings. The topological polar surface area (TPSA) is 67.2 Å². The van der Waals surface area contributed by atoms with Crippen molar-refractivity contribution in [1.82, 2.24) is 19.8 Å². The van der Waals surface area contributed by atoms with E-state index in [1.807, 2.05) is 42.5 Å². The second-order valence-electron chi connectivity index (χ2n) is 7.51. The molecule has 0 aliphatic heterocycles. The Morgan fingerprint density at radius 2 is 1.75 bits per heavy atom. The Bertz CT molecular complexity index is 1280. The van der Waals surface area contributed by atoms with E-state index in [-0.39, 0.29) is 31.2 Å². The Hall–Kier alpha value is -3.81. The molecular weight excluding hydrogens is 414 g/mol. The third-order valence-corrected chi connectivity index (χ3v) is 5.34. The summed E-state index contributed by atoms with van der Waals surface area (Å²) in [5.41, 5.74) is 1.61. The van der Waals surface area contributed by atoms with Gasteiger partial charge in [-0.3, -0.25) is 14.2 Å². The Morgan fingerprint density at radius 3 is 2.56 bits per heavy atom. The average molecular weight is 436 g/mol. The van der Waals surface area contributed by atoms with Crippen molar-refractivity contribution in [3.05, 3.63) is 78.1 Å². The van der Waals surface area contributed by atoms with Crippen LogP contribution < -0.4 is 5.32 Å². The molecule has 32 heavy (non-hydrogen) atoms. The number of rotatable bonds is 7. The number of nitrogens with one attached hydrogen (secondary N) is 1. The molecule has 1 heterocycles. The van der Waals surface area contributed by atoms with E-state index in [1.54, 1.807) is 24.3 Å². The molecule has 1 aromatic heterocycles. The minimum Gasteiger partial charge on any atom is -0.347 e. The van der Waals surface area contributed by atoms with Gasteiger partial charge in [-0.2, -0.15) is 8.78 Å². The number of carbonyl (C=O) groups excluding carboxylic acids is 2. The molecule has 6 nitrogen and oxygen atoms in total. The zero-order valence-electron chi connectivity index (χ0n) is 17.5. The molecule has 0 radical (unpaired) electrons. The Balaban J connectivity index is 1.38. The fraction of sp³-hybridized carbons (Fsp3) is 0.208. The monoisotopic (exact) mass is 436 g/mol. The van der Waals surface area contributed by atoms with Crippen LogP contribution in [0.3, 0.4) is 0 Å². The number of para-hydroxylation sites is 2. The van der Waals surface area contributed by atoms with E-state index >= 15 is 0 Å². The van der Waals surface area contributed by atoms with Gasteiger partial charge in [0.05, 0.1) is 30.5 Å². The van der Waals surface area contributed by atoms with Gasteiger partial charge in [0.25, 0.3) is 0 Å². The van der Waals surface area contributed by atoms with Crippen molar-refractivity contribution in [2.24, 2.45) is 0 Å². The molecular formula is C24H22F2N4O2. The van der Waals surface area contributed by atoms with Crippen LogP contribution in [0, 0.1) is 0 Å². The molecule has 0 aliphatic carbocycles. The number of amides is 2. The number of halogens is 2. The summed E-state index contributed by atoms with van der Waals surface area (Å²) in [7, 11) is 1.49. The normalized spacial score (nSPS) is 11.2. The summed E-state index contributed by atoms with van der Waals surface area (Å²) in [5, 5.41) is 4.64. The van der Waals surface area contributed by atoms with E-state index < -0.39 is 12.5 Å². The lowest BCUT2D eigenvalue weighted by atomic mass is 10.0. The fourth-order valence-electron chi connectivity index (χ4n) is 3.72. The first-order chi connectivity index (χ1) is 15.4. The maximum absolute atomic E-state index is 13.6. The summed E-state index contributed by atoms with van der Waals surface area (Å²) in [6, 6.07) is 20.1. The maximum atomic E-state index is 13.6. The highest BCUT2D eigenvalue weighted by atomic mass is 19.3. The van der Waals surface area contributed by atoms with Crippen LogP contribution in [0.1, 0.15) is 17.9 Å². The van der Waals surface area contributed by atoms with Gasteiger partial charge in [0.15, 0.2) is 0 Å². The van der Waals surface area contributed by atoms with Crippen molar-refractivity contribution >= 4 is 33.6 Å². The highest BCUT2D eigenvalue weighted by Gasteiger charge is 2.20. The minimum absolute atomic E-state index is 0.0825. The van der Waals surface area contributed by atoms with Gasteiger partial charge in [-0.15, -0.1) is 0 Å². The van der Waals surface area contributed by atoms with Crippen LogP contribution in [-0.4, -0.2) is 39.9 Å². The number of hydrogen-bond donors (Lipinski definition) is 1. The van der Waals surface area contributed by atoms with Gasteiger partial charge < -0.3 is 10.2 Å².